The molecule has 2 aromatic rings. The summed E-state index contributed by atoms with van der Waals surface area (Å²) in [6, 6.07) is 11.4. The van der Waals surface area contributed by atoms with E-state index in [1.165, 1.54) is 0 Å². The van der Waals surface area contributed by atoms with E-state index in [0.29, 0.717) is 16.9 Å². The Bertz CT molecular complexity index is 479. The maximum Gasteiger partial charge on any atom is 0.169 e. The number of aliphatic hydroxyl groups is 1. The third-order valence-electron chi connectivity index (χ3n) is 2.24. The molecule has 2 nitrogen and oxygen atoms in total. The minimum absolute atomic E-state index is 0.541. The van der Waals surface area contributed by atoms with Gasteiger partial charge in [-0.3, -0.25) is 0 Å². The van der Waals surface area contributed by atoms with Gasteiger partial charge in [-0.15, -0.1) is 0 Å². The van der Waals surface area contributed by atoms with Crippen LogP contribution in [0.3, 0.4) is 0 Å². The molecule has 0 saturated carbocycles. The van der Waals surface area contributed by atoms with Crippen molar-refractivity contribution in [1.82, 2.24) is 0 Å². The van der Waals surface area contributed by atoms with Crippen LogP contribution in [0, 0.1) is 0 Å². The van der Waals surface area contributed by atoms with Crippen molar-refractivity contribution in [2.75, 3.05) is 0 Å². The van der Waals surface area contributed by atoms with Gasteiger partial charge in [0.05, 0.1) is 0 Å². The number of hydrogen-bond donors (Lipinski definition) is 1. The second-order valence-electron chi connectivity index (χ2n) is 3.49. The van der Waals surface area contributed by atoms with E-state index in [0.717, 1.165) is 10.0 Å². The van der Waals surface area contributed by atoms with Gasteiger partial charge in [-0.2, -0.15) is 0 Å². The van der Waals surface area contributed by atoms with Crippen LogP contribution in [0.4, 0.5) is 0 Å². The molecule has 0 radical (unpaired) electrons. The molecule has 1 N–H and O–H groups in total. The topological polar surface area (TPSA) is 33.4 Å². The highest BCUT2D eigenvalue weighted by Crippen LogP contribution is 2.24. The fourth-order valence-corrected chi connectivity index (χ4v) is 2.26. The molecule has 1 heterocycles. The van der Waals surface area contributed by atoms with E-state index >= 15 is 0 Å². The molecule has 0 bridgehead atoms. The van der Waals surface area contributed by atoms with Crippen molar-refractivity contribution < 1.29 is 9.52 Å². The highest BCUT2D eigenvalue weighted by Gasteiger charge is 2.12. The predicted octanol–water partition coefficient (Wildman–Crippen LogP) is 4.08. The number of halogens is 2. The van der Waals surface area contributed by atoms with E-state index in [9.17, 15) is 5.11 Å². The van der Waals surface area contributed by atoms with Crippen molar-refractivity contribution >= 4 is 31.9 Å². The standard InChI is InChI=1S/C12H10Br2O2/c13-9-3-1-2-8(6-9)7-10(15)11-4-5-12(14)16-11/h1-6,10,15H,7H2. The number of aliphatic hydroxyl groups excluding tert-OH is 1. The summed E-state index contributed by atoms with van der Waals surface area (Å²) in [7, 11) is 0. The monoisotopic (exact) mass is 344 g/mol. The molecular weight excluding hydrogens is 336 g/mol. The van der Waals surface area contributed by atoms with Gasteiger partial charge in [0.15, 0.2) is 4.67 Å². The number of furan rings is 1. The molecule has 2 rings (SSSR count). The second-order valence-corrected chi connectivity index (χ2v) is 5.19. The highest BCUT2D eigenvalue weighted by molar-refractivity contribution is 9.10. The minimum atomic E-state index is -0.611. The molecule has 0 fully saturated rings. The Kier molecular flexibility index (Phi) is 3.84. The van der Waals surface area contributed by atoms with Crippen LogP contribution in [0.5, 0.6) is 0 Å². The lowest BCUT2D eigenvalue weighted by atomic mass is 10.1. The minimum Gasteiger partial charge on any atom is -0.452 e. The Hall–Kier alpha value is -0.580. The Morgan fingerprint density at radius 3 is 2.62 bits per heavy atom. The van der Waals surface area contributed by atoms with E-state index in [1.54, 1.807) is 12.1 Å². The molecule has 0 aliphatic heterocycles. The number of benzene rings is 1. The summed E-state index contributed by atoms with van der Waals surface area (Å²) >= 11 is 6.61. The molecule has 0 saturated heterocycles. The lowest BCUT2D eigenvalue weighted by Gasteiger charge is -2.07. The zero-order valence-corrected chi connectivity index (χ0v) is 11.5. The van der Waals surface area contributed by atoms with Crippen LogP contribution >= 0.6 is 31.9 Å². The first-order valence-corrected chi connectivity index (χ1v) is 6.41. The third kappa shape index (κ3) is 2.97. The summed E-state index contributed by atoms with van der Waals surface area (Å²) in [6.45, 7) is 0. The van der Waals surface area contributed by atoms with Crippen LogP contribution in [0.15, 0.2) is 50.0 Å². The van der Waals surface area contributed by atoms with E-state index in [4.69, 9.17) is 4.42 Å². The van der Waals surface area contributed by atoms with Gasteiger partial charge in [-0.1, -0.05) is 28.1 Å². The Morgan fingerprint density at radius 2 is 2.00 bits per heavy atom. The van der Waals surface area contributed by atoms with E-state index in [2.05, 4.69) is 31.9 Å². The average Bonchev–Trinajstić information content (AvgIpc) is 2.65. The van der Waals surface area contributed by atoms with E-state index in [1.807, 2.05) is 24.3 Å². The van der Waals surface area contributed by atoms with E-state index in [-0.39, 0.29) is 0 Å². The molecule has 0 aliphatic carbocycles. The first-order chi connectivity index (χ1) is 7.65. The predicted molar refractivity (Wildman–Crippen MR) is 69.2 cm³/mol. The molecule has 84 valence electrons. The highest BCUT2D eigenvalue weighted by atomic mass is 79.9. The zero-order valence-electron chi connectivity index (χ0n) is 8.36. The fourth-order valence-electron chi connectivity index (χ4n) is 1.50. The molecule has 16 heavy (non-hydrogen) atoms. The molecular formula is C12H10Br2O2. The molecule has 1 aromatic heterocycles. The van der Waals surface area contributed by atoms with Crippen molar-refractivity contribution in [3.63, 3.8) is 0 Å². The lowest BCUT2D eigenvalue weighted by Crippen LogP contribution is -2.00. The van der Waals surface area contributed by atoms with Crippen molar-refractivity contribution in [1.29, 1.82) is 0 Å². The largest absolute Gasteiger partial charge is 0.452 e. The number of hydrogen-bond acceptors (Lipinski definition) is 2. The molecule has 0 aliphatic rings. The molecule has 0 amide bonds. The van der Waals surface area contributed by atoms with Gasteiger partial charge in [0, 0.05) is 10.9 Å². The van der Waals surface area contributed by atoms with Gasteiger partial charge in [0.25, 0.3) is 0 Å². The maximum atomic E-state index is 9.95. The molecule has 0 spiro atoms. The van der Waals surface area contributed by atoms with Crippen molar-refractivity contribution in [2.45, 2.75) is 12.5 Å². The van der Waals surface area contributed by atoms with Gasteiger partial charge < -0.3 is 9.52 Å². The van der Waals surface area contributed by atoms with Crippen LogP contribution < -0.4 is 0 Å². The van der Waals surface area contributed by atoms with Crippen molar-refractivity contribution in [3.8, 4) is 0 Å². The summed E-state index contributed by atoms with van der Waals surface area (Å²) in [5, 5.41) is 9.95. The molecule has 1 atom stereocenters. The van der Waals surface area contributed by atoms with Gasteiger partial charge in [0.1, 0.15) is 11.9 Å². The second kappa shape index (κ2) is 5.17. The maximum absolute atomic E-state index is 9.95. The summed E-state index contributed by atoms with van der Waals surface area (Å²) in [6.07, 6.45) is -0.0695. The Balaban J connectivity index is 2.10. The van der Waals surface area contributed by atoms with Gasteiger partial charge >= 0.3 is 0 Å². The Morgan fingerprint density at radius 1 is 1.19 bits per heavy atom. The first-order valence-electron chi connectivity index (χ1n) is 4.83. The van der Waals surface area contributed by atoms with Gasteiger partial charge in [-0.25, -0.2) is 0 Å². The van der Waals surface area contributed by atoms with Crippen molar-refractivity contribution in [3.05, 3.63) is 56.9 Å². The lowest BCUT2D eigenvalue weighted by molar-refractivity contribution is 0.149. The summed E-state index contributed by atoms with van der Waals surface area (Å²) in [4.78, 5) is 0. The third-order valence-corrected chi connectivity index (χ3v) is 3.16. The Labute approximate surface area is 111 Å². The van der Waals surface area contributed by atoms with Gasteiger partial charge in [-0.05, 0) is 45.8 Å². The summed E-state index contributed by atoms with van der Waals surface area (Å²) < 4.78 is 6.95. The van der Waals surface area contributed by atoms with Crippen LogP contribution in [-0.2, 0) is 6.42 Å². The zero-order chi connectivity index (χ0) is 11.5. The average molecular weight is 346 g/mol. The van der Waals surface area contributed by atoms with Crippen LogP contribution in [0.2, 0.25) is 0 Å². The number of rotatable bonds is 3. The van der Waals surface area contributed by atoms with Crippen LogP contribution in [0.1, 0.15) is 17.4 Å². The van der Waals surface area contributed by atoms with Crippen molar-refractivity contribution in [2.24, 2.45) is 0 Å². The fraction of sp³-hybridized carbons (Fsp3) is 0.167. The molecule has 1 aromatic carbocycles. The summed E-state index contributed by atoms with van der Waals surface area (Å²) in [5.41, 5.74) is 1.06. The molecule has 1 unspecified atom stereocenters. The smallest absolute Gasteiger partial charge is 0.169 e. The van der Waals surface area contributed by atoms with E-state index < -0.39 is 6.10 Å². The van der Waals surface area contributed by atoms with Gasteiger partial charge in [0.2, 0.25) is 0 Å². The quantitative estimate of drug-likeness (QED) is 0.909. The summed E-state index contributed by atoms with van der Waals surface area (Å²) in [5.74, 6) is 0.576. The van der Waals surface area contributed by atoms with Crippen LogP contribution in [0.25, 0.3) is 0 Å². The molecule has 4 heteroatoms. The SMILES string of the molecule is OC(Cc1cccc(Br)c1)c1ccc(Br)o1. The normalized spacial score (nSPS) is 12.7. The first kappa shape index (κ1) is 11.9. The van der Waals surface area contributed by atoms with Crippen LogP contribution in [-0.4, -0.2) is 5.11 Å².